The lowest BCUT2D eigenvalue weighted by atomic mass is 9.56. The summed E-state index contributed by atoms with van der Waals surface area (Å²) in [5.41, 5.74) is 0.316. The van der Waals surface area contributed by atoms with E-state index in [-0.39, 0.29) is 5.60 Å². The van der Waals surface area contributed by atoms with E-state index < -0.39 is 0 Å². The molecule has 2 nitrogen and oxygen atoms in total. The summed E-state index contributed by atoms with van der Waals surface area (Å²) in [6.45, 7) is 8.99. The Balaban J connectivity index is 1.77. The van der Waals surface area contributed by atoms with Crippen LogP contribution in [0.5, 0.6) is 0 Å². The second-order valence-electron chi connectivity index (χ2n) is 8.65. The Bertz CT molecular complexity index is 395. The number of fused-ring (bicyclic) bond motifs is 3. The number of hydrogen-bond acceptors (Lipinski definition) is 2. The van der Waals surface area contributed by atoms with E-state index in [4.69, 9.17) is 4.74 Å². The highest BCUT2D eigenvalue weighted by atomic mass is 16.5. The minimum Gasteiger partial charge on any atom is -0.372 e. The highest BCUT2D eigenvalue weighted by Crippen LogP contribution is 2.60. The molecule has 1 unspecified atom stereocenters. The normalized spacial score (nSPS) is 45.1. The van der Waals surface area contributed by atoms with Crippen molar-refractivity contribution in [3.63, 3.8) is 0 Å². The van der Waals surface area contributed by atoms with Gasteiger partial charge in [-0.2, -0.15) is 0 Å². The van der Waals surface area contributed by atoms with Gasteiger partial charge >= 0.3 is 0 Å². The van der Waals surface area contributed by atoms with E-state index in [2.05, 4.69) is 27.7 Å². The Morgan fingerprint density at radius 3 is 2.60 bits per heavy atom. The lowest BCUT2D eigenvalue weighted by molar-refractivity contribution is -0.138. The molecule has 20 heavy (non-hydrogen) atoms. The smallest absolute Gasteiger partial charge is 0.133 e. The van der Waals surface area contributed by atoms with E-state index in [0.29, 0.717) is 23.2 Å². The summed E-state index contributed by atoms with van der Waals surface area (Å²) in [5.74, 6) is 2.78. The van der Waals surface area contributed by atoms with Gasteiger partial charge in [-0.1, -0.05) is 6.92 Å². The summed E-state index contributed by atoms with van der Waals surface area (Å²) in [7, 11) is 0. The molecular formula is C18H30O2. The van der Waals surface area contributed by atoms with E-state index in [1.54, 1.807) is 0 Å². The number of carbonyl (C=O) groups excluding carboxylic acids is 1. The first-order valence-electron chi connectivity index (χ1n) is 8.49. The van der Waals surface area contributed by atoms with Crippen molar-refractivity contribution < 1.29 is 9.53 Å². The molecule has 3 rings (SSSR count). The van der Waals surface area contributed by atoms with Crippen LogP contribution in [0, 0.1) is 23.2 Å². The molecule has 3 fully saturated rings. The van der Waals surface area contributed by atoms with Crippen LogP contribution < -0.4 is 0 Å². The van der Waals surface area contributed by atoms with Gasteiger partial charge in [-0.05, 0) is 76.0 Å². The van der Waals surface area contributed by atoms with Gasteiger partial charge in [-0.15, -0.1) is 0 Å². The number of rotatable bonds is 1. The third-order valence-electron chi connectivity index (χ3n) is 6.24. The molecule has 5 atom stereocenters. The average Bonchev–Trinajstić information content (AvgIpc) is 2.65. The van der Waals surface area contributed by atoms with Crippen LogP contribution in [-0.2, 0) is 9.53 Å². The van der Waals surface area contributed by atoms with Crippen LogP contribution in [0.1, 0.15) is 72.6 Å². The molecule has 0 aliphatic heterocycles. The molecule has 0 amide bonds. The van der Waals surface area contributed by atoms with Gasteiger partial charge in [0.05, 0.1) is 11.7 Å². The van der Waals surface area contributed by atoms with Crippen molar-refractivity contribution >= 4 is 5.78 Å². The zero-order chi connectivity index (χ0) is 14.5. The molecule has 0 aromatic heterocycles. The Kier molecular flexibility index (Phi) is 3.52. The monoisotopic (exact) mass is 278 g/mol. The molecule has 3 aliphatic carbocycles. The van der Waals surface area contributed by atoms with Gasteiger partial charge in [-0.25, -0.2) is 0 Å². The highest BCUT2D eigenvalue weighted by molar-refractivity contribution is 5.79. The van der Waals surface area contributed by atoms with Crippen molar-refractivity contribution in [3.8, 4) is 0 Å². The fourth-order valence-corrected chi connectivity index (χ4v) is 5.35. The summed E-state index contributed by atoms with van der Waals surface area (Å²) in [6.07, 6.45) is 8.29. The number of hydrogen-bond donors (Lipinski definition) is 0. The third kappa shape index (κ3) is 2.45. The number of ether oxygens (including phenoxy) is 1. The Morgan fingerprint density at radius 1 is 1.15 bits per heavy atom. The molecule has 114 valence electrons. The van der Waals surface area contributed by atoms with Crippen molar-refractivity contribution in [2.75, 3.05) is 0 Å². The first-order chi connectivity index (χ1) is 9.29. The molecule has 0 heterocycles. The minimum absolute atomic E-state index is 0.0397. The fraction of sp³-hybridized carbons (Fsp3) is 0.944. The van der Waals surface area contributed by atoms with E-state index in [1.807, 2.05) is 0 Å². The molecule has 0 N–H and O–H groups in total. The summed E-state index contributed by atoms with van der Waals surface area (Å²) < 4.78 is 6.41. The van der Waals surface area contributed by atoms with Crippen molar-refractivity contribution in [1.82, 2.24) is 0 Å². The molecule has 2 heteroatoms. The lowest BCUT2D eigenvalue weighted by Gasteiger charge is -2.50. The predicted molar refractivity (Wildman–Crippen MR) is 80.5 cm³/mol. The van der Waals surface area contributed by atoms with Gasteiger partial charge in [0.1, 0.15) is 5.78 Å². The molecule has 0 radical (unpaired) electrons. The van der Waals surface area contributed by atoms with E-state index in [0.717, 1.165) is 31.1 Å². The Morgan fingerprint density at radius 2 is 1.90 bits per heavy atom. The van der Waals surface area contributed by atoms with Crippen molar-refractivity contribution in [3.05, 3.63) is 0 Å². The van der Waals surface area contributed by atoms with Crippen LogP contribution in [0.15, 0.2) is 0 Å². The van der Waals surface area contributed by atoms with Gasteiger partial charge in [0.2, 0.25) is 0 Å². The minimum atomic E-state index is -0.0397. The van der Waals surface area contributed by atoms with Gasteiger partial charge in [0, 0.05) is 12.8 Å². The van der Waals surface area contributed by atoms with Crippen LogP contribution in [0.2, 0.25) is 0 Å². The average molecular weight is 278 g/mol. The molecule has 0 aromatic rings. The third-order valence-corrected chi connectivity index (χ3v) is 6.24. The van der Waals surface area contributed by atoms with Crippen LogP contribution in [0.3, 0.4) is 0 Å². The van der Waals surface area contributed by atoms with Gasteiger partial charge in [-0.3, -0.25) is 4.79 Å². The SMILES string of the molecule is CC(C)(C)OC1CC[C@@H]2[C@H]3CCC(=O)C[C@@H]3CC[C@@]12C. The van der Waals surface area contributed by atoms with Crippen LogP contribution in [-0.4, -0.2) is 17.5 Å². The molecule has 3 aliphatic rings. The first kappa shape index (κ1) is 14.6. The maximum atomic E-state index is 11.7. The van der Waals surface area contributed by atoms with Crippen LogP contribution in [0.25, 0.3) is 0 Å². The van der Waals surface area contributed by atoms with Crippen molar-refractivity contribution in [2.45, 2.75) is 84.3 Å². The summed E-state index contributed by atoms with van der Waals surface area (Å²) in [4.78, 5) is 11.7. The fourth-order valence-electron chi connectivity index (χ4n) is 5.35. The number of ketones is 1. The zero-order valence-corrected chi connectivity index (χ0v) is 13.6. The molecule has 0 bridgehead atoms. The predicted octanol–water partition coefficient (Wildman–Crippen LogP) is 4.37. The summed E-state index contributed by atoms with van der Waals surface area (Å²) >= 11 is 0. The summed E-state index contributed by atoms with van der Waals surface area (Å²) in [6, 6.07) is 0. The topological polar surface area (TPSA) is 26.3 Å². The maximum absolute atomic E-state index is 11.7. The Hall–Kier alpha value is -0.370. The van der Waals surface area contributed by atoms with E-state index >= 15 is 0 Å². The Labute approximate surface area is 123 Å². The standard InChI is InChI=1S/C18H30O2/c1-17(2,3)20-16-8-7-15-14-6-5-13(19)11-12(14)9-10-18(15,16)4/h12,14-16H,5-11H2,1-4H3/t12-,14-,15+,16?,18+/m0/s1. The van der Waals surface area contributed by atoms with Gasteiger partial charge in [0.25, 0.3) is 0 Å². The van der Waals surface area contributed by atoms with E-state index in [9.17, 15) is 4.79 Å². The van der Waals surface area contributed by atoms with Crippen molar-refractivity contribution in [2.24, 2.45) is 23.2 Å². The van der Waals surface area contributed by atoms with Gasteiger partial charge < -0.3 is 4.74 Å². The second kappa shape index (κ2) is 4.83. The molecule has 3 saturated carbocycles. The molecular weight excluding hydrogens is 248 g/mol. The molecule has 0 spiro atoms. The highest BCUT2D eigenvalue weighted by Gasteiger charge is 2.55. The number of carbonyl (C=O) groups is 1. The van der Waals surface area contributed by atoms with Crippen LogP contribution in [0.4, 0.5) is 0 Å². The number of Topliss-reactive ketones (excluding diaryl/α,β-unsaturated/α-hetero) is 1. The second-order valence-corrected chi connectivity index (χ2v) is 8.65. The van der Waals surface area contributed by atoms with E-state index in [1.165, 1.54) is 25.7 Å². The maximum Gasteiger partial charge on any atom is 0.133 e. The quantitative estimate of drug-likeness (QED) is 0.712. The first-order valence-corrected chi connectivity index (χ1v) is 8.49. The van der Waals surface area contributed by atoms with Crippen LogP contribution >= 0.6 is 0 Å². The lowest BCUT2D eigenvalue weighted by Crippen LogP contribution is -2.47. The molecule has 0 aromatic carbocycles. The largest absolute Gasteiger partial charge is 0.372 e. The summed E-state index contributed by atoms with van der Waals surface area (Å²) in [5, 5.41) is 0. The van der Waals surface area contributed by atoms with Crippen molar-refractivity contribution in [1.29, 1.82) is 0 Å². The zero-order valence-electron chi connectivity index (χ0n) is 13.6. The van der Waals surface area contributed by atoms with Gasteiger partial charge in [0.15, 0.2) is 0 Å². The molecule has 0 saturated heterocycles.